The number of fused-ring (bicyclic) bond motifs is 1. The van der Waals surface area contributed by atoms with Crippen LogP contribution in [0.25, 0.3) is 15.7 Å². The molecule has 0 aliphatic heterocycles. The molecule has 2 N–H and O–H groups in total. The van der Waals surface area contributed by atoms with Gasteiger partial charge in [-0.3, -0.25) is 0 Å². The monoisotopic (exact) mass is 495 g/mol. The first kappa shape index (κ1) is 25.7. The summed E-state index contributed by atoms with van der Waals surface area (Å²) in [5, 5.41) is 1.19. The van der Waals surface area contributed by atoms with Crippen LogP contribution in [0.15, 0.2) is 24.4 Å². The molecule has 0 amide bonds. The highest BCUT2D eigenvalue weighted by Crippen LogP contribution is 2.46. The van der Waals surface area contributed by atoms with Gasteiger partial charge in [-0.2, -0.15) is 0 Å². The molecule has 3 aliphatic rings. The van der Waals surface area contributed by atoms with E-state index in [0.29, 0.717) is 36.4 Å². The maximum Gasteiger partial charge on any atom is 0.248 e. The van der Waals surface area contributed by atoms with Gasteiger partial charge in [0.1, 0.15) is 0 Å². The Bertz CT molecular complexity index is 1040. The topological polar surface area (TPSA) is 35.3 Å². The molecule has 3 aliphatic carbocycles. The first-order valence-electron chi connectivity index (χ1n) is 14.6. The average Bonchev–Trinajstić information content (AvgIpc) is 3.26. The van der Waals surface area contributed by atoms with E-state index < -0.39 is 5.92 Å². The SMILES string of the molecule is [C-]#[N+]c1ccc2c(c1)c(C(CCCC1CCC(N)CC1)C1CCCCC1)cn2C1CCC(F)(F)CC1. The van der Waals surface area contributed by atoms with E-state index in [4.69, 9.17) is 12.3 Å². The number of halogens is 2. The van der Waals surface area contributed by atoms with Gasteiger partial charge in [-0.25, -0.2) is 13.6 Å². The molecule has 3 saturated carbocycles. The van der Waals surface area contributed by atoms with Crippen LogP contribution >= 0.6 is 0 Å². The Kier molecular flexibility index (Phi) is 8.01. The van der Waals surface area contributed by atoms with Gasteiger partial charge in [-0.1, -0.05) is 38.2 Å². The molecule has 5 rings (SSSR count). The Hall–Kier alpha value is -1.93. The Morgan fingerprint density at radius 3 is 2.42 bits per heavy atom. The molecule has 1 atom stereocenters. The zero-order chi connectivity index (χ0) is 25.1. The third-order valence-electron chi connectivity index (χ3n) is 9.69. The molecule has 3 nitrogen and oxygen atoms in total. The van der Waals surface area contributed by atoms with Crippen molar-refractivity contribution in [2.75, 3.05) is 0 Å². The Morgan fingerprint density at radius 2 is 1.72 bits per heavy atom. The summed E-state index contributed by atoms with van der Waals surface area (Å²) in [6, 6.07) is 6.57. The van der Waals surface area contributed by atoms with Gasteiger partial charge in [0.25, 0.3) is 0 Å². The molecule has 1 unspecified atom stereocenters. The zero-order valence-electron chi connectivity index (χ0n) is 21.7. The van der Waals surface area contributed by atoms with E-state index in [9.17, 15) is 8.78 Å². The lowest BCUT2D eigenvalue weighted by molar-refractivity contribution is -0.0435. The molecule has 36 heavy (non-hydrogen) atoms. The first-order valence-corrected chi connectivity index (χ1v) is 14.6. The molecular formula is C31H43F2N3. The standard InChI is InChI=1S/C31H43F2N3/c1-35-25-14-15-30-28(20-25)29(21-36(30)26-16-18-31(32,33)19-17-26)27(23-7-3-2-4-8-23)9-5-6-22-10-12-24(34)13-11-22/h14-15,20-24,26-27H,2-13,16-19,34H2. The van der Waals surface area contributed by atoms with E-state index in [0.717, 1.165) is 11.4 Å². The number of rotatable bonds is 7. The number of hydrogen-bond acceptors (Lipinski definition) is 1. The van der Waals surface area contributed by atoms with Crippen molar-refractivity contribution in [2.24, 2.45) is 17.6 Å². The fourth-order valence-corrected chi connectivity index (χ4v) is 7.52. The summed E-state index contributed by atoms with van der Waals surface area (Å²) in [6.07, 6.45) is 18.5. The molecular weight excluding hydrogens is 452 g/mol. The molecule has 1 heterocycles. The molecule has 1 aromatic heterocycles. The highest BCUT2D eigenvalue weighted by atomic mass is 19.3. The van der Waals surface area contributed by atoms with Gasteiger partial charge in [-0.15, -0.1) is 0 Å². The maximum atomic E-state index is 13.9. The van der Waals surface area contributed by atoms with Crippen LogP contribution < -0.4 is 5.73 Å². The van der Waals surface area contributed by atoms with E-state index in [2.05, 4.69) is 27.7 Å². The van der Waals surface area contributed by atoms with Crippen LogP contribution in [0.3, 0.4) is 0 Å². The molecule has 2 aromatic rings. The van der Waals surface area contributed by atoms with Crippen molar-refractivity contribution in [3.63, 3.8) is 0 Å². The minimum atomic E-state index is -2.52. The predicted octanol–water partition coefficient (Wildman–Crippen LogP) is 9.29. The van der Waals surface area contributed by atoms with E-state index >= 15 is 0 Å². The number of benzene rings is 1. The number of alkyl halides is 2. The number of nitrogens with two attached hydrogens (primary N) is 1. The second-order valence-corrected chi connectivity index (χ2v) is 12.1. The smallest absolute Gasteiger partial charge is 0.248 e. The van der Waals surface area contributed by atoms with Crippen LogP contribution in [0.5, 0.6) is 0 Å². The normalized spacial score (nSPS) is 26.6. The Morgan fingerprint density at radius 1 is 1.00 bits per heavy atom. The van der Waals surface area contributed by atoms with E-state index in [-0.39, 0.29) is 18.9 Å². The summed E-state index contributed by atoms with van der Waals surface area (Å²) < 4.78 is 30.2. The lowest BCUT2D eigenvalue weighted by Gasteiger charge is -2.32. The molecule has 0 spiro atoms. The van der Waals surface area contributed by atoms with Gasteiger partial charge in [0.05, 0.1) is 6.57 Å². The van der Waals surface area contributed by atoms with Crippen molar-refractivity contribution < 1.29 is 8.78 Å². The highest BCUT2D eigenvalue weighted by molar-refractivity contribution is 5.88. The van der Waals surface area contributed by atoms with Gasteiger partial charge in [0.2, 0.25) is 5.92 Å². The van der Waals surface area contributed by atoms with Crippen molar-refractivity contribution in [1.82, 2.24) is 4.57 Å². The largest absolute Gasteiger partial charge is 0.344 e. The van der Waals surface area contributed by atoms with Gasteiger partial charge >= 0.3 is 0 Å². The fourth-order valence-electron chi connectivity index (χ4n) is 7.52. The summed E-state index contributed by atoms with van der Waals surface area (Å²) in [7, 11) is 0. The number of hydrogen-bond donors (Lipinski definition) is 1. The molecule has 0 bridgehead atoms. The number of nitrogens with zero attached hydrogens (tertiary/aromatic N) is 2. The summed E-state index contributed by atoms with van der Waals surface area (Å²) >= 11 is 0. The fraction of sp³-hybridized carbons (Fsp3) is 0.710. The summed E-state index contributed by atoms with van der Waals surface area (Å²) in [6.45, 7) is 7.60. The van der Waals surface area contributed by atoms with Gasteiger partial charge < -0.3 is 10.3 Å². The molecule has 0 radical (unpaired) electrons. The molecule has 196 valence electrons. The van der Waals surface area contributed by atoms with Crippen molar-refractivity contribution in [3.8, 4) is 0 Å². The molecule has 1 aromatic carbocycles. The summed E-state index contributed by atoms with van der Waals surface area (Å²) in [5.74, 6) is -0.528. The Balaban J connectivity index is 1.43. The van der Waals surface area contributed by atoms with Crippen LogP contribution in [0.1, 0.15) is 120 Å². The van der Waals surface area contributed by atoms with Crippen LogP contribution in [0.4, 0.5) is 14.5 Å². The van der Waals surface area contributed by atoms with E-state index in [1.165, 1.54) is 88.0 Å². The second kappa shape index (κ2) is 11.2. The van der Waals surface area contributed by atoms with Crippen LogP contribution in [-0.2, 0) is 0 Å². The summed E-state index contributed by atoms with van der Waals surface area (Å²) in [5.41, 5.74) is 9.33. The van der Waals surface area contributed by atoms with Crippen molar-refractivity contribution in [2.45, 2.75) is 127 Å². The quantitative estimate of drug-likeness (QED) is 0.382. The summed E-state index contributed by atoms with van der Waals surface area (Å²) in [4.78, 5) is 3.74. The minimum Gasteiger partial charge on any atom is -0.344 e. The lowest BCUT2D eigenvalue weighted by Crippen LogP contribution is -2.26. The van der Waals surface area contributed by atoms with Crippen LogP contribution in [0, 0.1) is 18.4 Å². The average molecular weight is 496 g/mol. The molecule has 0 saturated heterocycles. The third-order valence-corrected chi connectivity index (χ3v) is 9.69. The van der Waals surface area contributed by atoms with Gasteiger partial charge in [0.15, 0.2) is 5.69 Å². The second-order valence-electron chi connectivity index (χ2n) is 12.1. The maximum absolute atomic E-state index is 13.9. The van der Waals surface area contributed by atoms with E-state index in [1.54, 1.807) is 0 Å². The number of aromatic nitrogens is 1. The Labute approximate surface area is 215 Å². The predicted molar refractivity (Wildman–Crippen MR) is 144 cm³/mol. The van der Waals surface area contributed by atoms with Crippen molar-refractivity contribution >= 4 is 16.6 Å². The van der Waals surface area contributed by atoms with E-state index in [1.807, 2.05) is 6.07 Å². The highest BCUT2D eigenvalue weighted by Gasteiger charge is 2.36. The van der Waals surface area contributed by atoms with Crippen LogP contribution in [0.2, 0.25) is 0 Å². The van der Waals surface area contributed by atoms with Crippen LogP contribution in [-0.4, -0.2) is 16.5 Å². The van der Waals surface area contributed by atoms with Gasteiger partial charge in [0, 0.05) is 36.6 Å². The van der Waals surface area contributed by atoms with Crippen molar-refractivity contribution in [1.29, 1.82) is 0 Å². The zero-order valence-corrected chi connectivity index (χ0v) is 21.7. The van der Waals surface area contributed by atoms with Crippen molar-refractivity contribution in [3.05, 3.63) is 41.4 Å². The first-order chi connectivity index (χ1) is 17.4. The molecule has 3 fully saturated rings. The van der Waals surface area contributed by atoms with Gasteiger partial charge in [-0.05, 0) is 98.6 Å². The lowest BCUT2D eigenvalue weighted by atomic mass is 9.74. The third kappa shape index (κ3) is 5.80. The minimum absolute atomic E-state index is 0.0239. The molecule has 5 heteroatoms.